The van der Waals surface area contributed by atoms with Gasteiger partial charge in [0.2, 0.25) is 0 Å². The molecule has 0 saturated carbocycles. The van der Waals surface area contributed by atoms with Gasteiger partial charge < -0.3 is 5.73 Å². The van der Waals surface area contributed by atoms with Crippen molar-refractivity contribution < 1.29 is 4.39 Å². The monoisotopic (exact) mass is 272 g/mol. The fourth-order valence-electron chi connectivity index (χ4n) is 2.09. The third-order valence-electron chi connectivity index (χ3n) is 3.16. The maximum atomic E-state index is 13.2. The molecular weight excluding hydrogens is 255 g/mol. The first-order valence-electron chi connectivity index (χ1n) is 6.65. The molecule has 0 spiro atoms. The van der Waals surface area contributed by atoms with E-state index in [1.165, 1.54) is 12.1 Å². The second-order valence-corrected chi connectivity index (χ2v) is 4.70. The van der Waals surface area contributed by atoms with E-state index in [9.17, 15) is 9.65 Å². The lowest BCUT2D eigenvalue weighted by Crippen LogP contribution is -2.05. The van der Waals surface area contributed by atoms with E-state index in [0.717, 1.165) is 18.4 Å². The Morgan fingerprint density at radius 1 is 1.45 bits per heavy atom. The largest absolute Gasteiger partial charge is 0.383 e. The Morgan fingerprint density at radius 2 is 2.25 bits per heavy atom. The Balaban J connectivity index is 2.29. The van der Waals surface area contributed by atoms with E-state index in [2.05, 4.69) is 18.1 Å². The first-order valence-corrected chi connectivity index (χ1v) is 6.65. The molecule has 20 heavy (non-hydrogen) atoms. The second kappa shape index (κ2) is 6.20. The summed E-state index contributed by atoms with van der Waals surface area (Å²) >= 11 is 0. The van der Waals surface area contributed by atoms with Crippen molar-refractivity contribution in [3.63, 3.8) is 0 Å². The molecule has 5 heteroatoms. The number of benzene rings is 1. The van der Waals surface area contributed by atoms with Crippen LogP contribution in [0.15, 0.2) is 24.3 Å². The molecule has 2 rings (SSSR count). The highest BCUT2D eigenvalue weighted by atomic mass is 19.1. The van der Waals surface area contributed by atoms with E-state index in [1.807, 2.05) is 6.07 Å². The summed E-state index contributed by atoms with van der Waals surface area (Å²) in [6, 6.07) is 8.39. The van der Waals surface area contributed by atoms with Gasteiger partial charge in [-0.3, -0.25) is 0 Å². The van der Waals surface area contributed by atoms with Gasteiger partial charge >= 0.3 is 0 Å². The number of nitrogen functional groups attached to an aromatic ring is 1. The molecule has 4 nitrogen and oxygen atoms in total. The molecule has 0 atom stereocenters. The minimum absolute atomic E-state index is 0.292. The van der Waals surface area contributed by atoms with Crippen LogP contribution in [0, 0.1) is 17.1 Å². The molecule has 0 saturated heterocycles. The summed E-state index contributed by atoms with van der Waals surface area (Å²) in [6.07, 6.45) is 2.39. The standard InChI is InChI=1S/C15H17FN4/c1-2-3-7-20-15(18)13(10-17)14(19-20)9-11-5-4-6-12(16)8-11/h4-6,8H,2-3,7,9,18H2,1H3. The first kappa shape index (κ1) is 14.1. The average molecular weight is 272 g/mol. The zero-order chi connectivity index (χ0) is 14.5. The lowest BCUT2D eigenvalue weighted by Gasteiger charge is -2.01. The molecule has 2 N–H and O–H groups in total. The number of anilines is 1. The number of nitrogens with zero attached hydrogens (tertiary/aromatic N) is 3. The van der Waals surface area contributed by atoms with Gasteiger partial charge in [-0.25, -0.2) is 9.07 Å². The maximum Gasteiger partial charge on any atom is 0.140 e. The zero-order valence-corrected chi connectivity index (χ0v) is 11.4. The zero-order valence-electron chi connectivity index (χ0n) is 11.4. The molecule has 0 amide bonds. The summed E-state index contributed by atoms with van der Waals surface area (Å²) < 4.78 is 14.9. The van der Waals surface area contributed by atoms with Crippen LogP contribution in [0.1, 0.15) is 36.6 Å². The lowest BCUT2D eigenvalue weighted by molar-refractivity contribution is 0.573. The molecule has 1 aromatic heterocycles. The highest BCUT2D eigenvalue weighted by Crippen LogP contribution is 2.20. The van der Waals surface area contributed by atoms with E-state index >= 15 is 0 Å². The number of nitrogens with two attached hydrogens (primary N) is 1. The predicted molar refractivity (Wildman–Crippen MR) is 75.5 cm³/mol. The molecule has 0 unspecified atom stereocenters. The first-order chi connectivity index (χ1) is 9.65. The molecule has 0 fully saturated rings. The Bertz CT molecular complexity index is 640. The topological polar surface area (TPSA) is 67.6 Å². The Kier molecular flexibility index (Phi) is 4.36. The van der Waals surface area contributed by atoms with Crippen molar-refractivity contribution >= 4 is 5.82 Å². The summed E-state index contributed by atoms with van der Waals surface area (Å²) in [5.74, 6) is 0.103. The highest BCUT2D eigenvalue weighted by Gasteiger charge is 2.15. The van der Waals surface area contributed by atoms with E-state index < -0.39 is 0 Å². The molecule has 0 bridgehead atoms. The van der Waals surface area contributed by atoms with Gasteiger partial charge in [-0.15, -0.1) is 0 Å². The number of rotatable bonds is 5. The minimum atomic E-state index is -0.292. The third kappa shape index (κ3) is 2.97. The normalized spacial score (nSPS) is 10.4. The third-order valence-corrected chi connectivity index (χ3v) is 3.16. The van der Waals surface area contributed by atoms with Crippen LogP contribution in [0.25, 0.3) is 0 Å². The number of nitriles is 1. The highest BCUT2D eigenvalue weighted by molar-refractivity contribution is 5.53. The summed E-state index contributed by atoms with van der Waals surface area (Å²) in [7, 11) is 0. The van der Waals surface area contributed by atoms with Gasteiger partial charge in [0.05, 0.1) is 5.69 Å². The number of hydrogen-bond acceptors (Lipinski definition) is 3. The van der Waals surface area contributed by atoms with Crippen molar-refractivity contribution in [2.45, 2.75) is 32.7 Å². The van der Waals surface area contributed by atoms with Crippen LogP contribution in [-0.4, -0.2) is 9.78 Å². The van der Waals surface area contributed by atoms with E-state index in [4.69, 9.17) is 5.73 Å². The SMILES string of the molecule is CCCCn1nc(Cc2cccc(F)c2)c(C#N)c1N. The van der Waals surface area contributed by atoms with Gasteiger partial charge in [0.15, 0.2) is 0 Å². The molecule has 0 radical (unpaired) electrons. The number of hydrogen-bond donors (Lipinski definition) is 1. The Morgan fingerprint density at radius 3 is 2.90 bits per heavy atom. The number of unbranched alkanes of at least 4 members (excludes halogenated alkanes) is 1. The fourth-order valence-corrected chi connectivity index (χ4v) is 2.09. The summed E-state index contributed by atoms with van der Waals surface area (Å²) in [5, 5.41) is 13.6. The predicted octanol–water partition coefficient (Wildman–Crippen LogP) is 2.87. The fraction of sp³-hybridized carbons (Fsp3) is 0.333. The number of halogens is 1. The van der Waals surface area contributed by atoms with Gasteiger partial charge in [-0.2, -0.15) is 10.4 Å². The van der Waals surface area contributed by atoms with Gasteiger partial charge in [0, 0.05) is 13.0 Å². The van der Waals surface area contributed by atoms with Crippen molar-refractivity contribution in [1.82, 2.24) is 9.78 Å². The maximum absolute atomic E-state index is 13.2. The van der Waals surface area contributed by atoms with Crippen molar-refractivity contribution in [2.75, 3.05) is 5.73 Å². The van der Waals surface area contributed by atoms with Crippen LogP contribution in [0.4, 0.5) is 10.2 Å². The minimum Gasteiger partial charge on any atom is -0.383 e. The summed E-state index contributed by atoms with van der Waals surface area (Å²) in [6.45, 7) is 2.78. The van der Waals surface area contributed by atoms with Crippen LogP contribution >= 0.6 is 0 Å². The van der Waals surface area contributed by atoms with Crippen molar-refractivity contribution in [1.29, 1.82) is 5.26 Å². The van der Waals surface area contributed by atoms with E-state index in [1.54, 1.807) is 10.7 Å². The molecule has 0 aliphatic carbocycles. The number of aryl methyl sites for hydroxylation is 1. The second-order valence-electron chi connectivity index (χ2n) is 4.70. The molecule has 0 aliphatic rings. The van der Waals surface area contributed by atoms with Crippen LogP contribution in [0.5, 0.6) is 0 Å². The Labute approximate surface area is 117 Å². The van der Waals surface area contributed by atoms with Crippen LogP contribution in [-0.2, 0) is 13.0 Å². The molecule has 1 aromatic carbocycles. The summed E-state index contributed by atoms with van der Waals surface area (Å²) in [5.41, 5.74) is 7.72. The van der Waals surface area contributed by atoms with Gasteiger partial charge in [0.25, 0.3) is 0 Å². The van der Waals surface area contributed by atoms with Gasteiger partial charge in [0.1, 0.15) is 23.3 Å². The smallest absolute Gasteiger partial charge is 0.140 e. The quantitative estimate of drug-likeness (QED) is 0.910. The van der Waals surface area contributed by atoms with Gasteiger partial charge in [-0.05, 0) is 24.1 Å². The lowest BCUT2D eigenvalue weighted by atomic mass is 10.1. The summed E-state index contributed by atoms with van der Waals surface area (Å²) in [4.78, 5) is 0. The molecule has 2 aromatic rings. The van der Waals surface area contributed by atoms with Crippen molar-refractivity contribution in [3.05, 3.63) is 46.9 Å². The molecule has 1 heterocycles. The van der Waals surface area contributed by atoms with Crippen LogP contribution < -0.4 is 5.73 Å². The van der Waals surface area contributed by atoms with Gasteiger partial charge in [-0.1, -0.05) is 25.5 Å². The van der Waals surface area contributed by atoms with Crippen LogP contribution in [0.2, 0.25) is 0 Å². The average Bonchev–Trinajstić information content (AvgIpc) is 2.72. The van der Waals surface area contributed by atoms with E-state index in [-0.39, 0.29) is 5.82 Å². The molecular formula is C15H17FN4. The molecule has 0 aliphatic heterocycles. The molecule has 104 valence electrons. The Hall–Kier alpha value is -2.35. The number of aromatic nitrogens is 2. The van der Waals surface area contributed by atoms with Crippen molar-refractivity contribution in [2.24, 2.45) is 0 Å². The van der Waals surface area contributed by atoms with Crippen LogP contribution in [0.3, 0.4) is 0 Å². The van der Waals surface area contributed by atoms with E-state index in [0.29, 0.717) is 30.0 Å². The van der Waals surface area contributed by atoms with Crippen molar-refractivity contribution in [3.8, 4) is 6.07 Å².